The lowest BCUT2D eigenvalue weighted by molar-refractivity contribution is -0.140. The van der Waals surface area contributed by atoms with Crippen molar-refractivity contribution in [2.75, 3.05) is 18.4 Å². The number of carboxylic acid groups (broad SMARTS) is 5. The van der Waals surface area contributed by atoms with Crippen molar-refractivity contribution in [2.45, 2.75) is 110 Å². The van der Waals surface area contributed by atoms with Crippen LogP contribution in [-0.4, -0.2) is 98.7 Å². The first-order valence-corrected chi connectivity index (χ1v) is 16.1. The number of anilines is 1. The van der Waals surface area contributed by atoms with Crippen LogP contribution in [0.2, 0.25) is 0 Å². The van der Waals surface area contributed by atoms with Crippen molar-refractivity contribution < 1.29 is 49.5 Å². The van der Waals surface area contributed by atoms with E-state index in [4.69, 9.17) is 59.9 Å². The van der Waals surface area contributed by atoms with Gasteiger partial charge in [-0.15, -0.1) is 0 Å². The number of carbonyl (C=O) groups is 5. The Morgan fingerprint density at radius 3 is 1.35 bits per heavy atom. The number of rotatable bonds is 18. The van der Waals surface area contributed by atoms with E-state index in [1.807, 2.05) is 58.0 Å². The monoisotopic (exact) mass is 705 g/mol. The quantitative estimate of drug-likeness (QED) is 0.0951. The summed E-state index contributed by atoms with van der Waals surface area (Å²) >= 11 is 0. The molecule has 6 unspecified atom stereocenters. The summed E-state index contributed by atoms with van der Waals surface area (Å²) in [7, 11) is 0. The number of benzene rings is 1. The molecule has 0 fully saturated rings. The van der Waals surface area contributed by atoms with Gasteiger partial charge in [-0.25, -0.2) is 0 Å². The molecule has 0 saturated carbocycles. The largest absolute Gasteiger partial charge is 0.480 e. The Morgan fingerprint density at radius 2 is 1.06 bits per heavy atom. The van der Waals surface area contributed by atoms with Gasteiger partial charge in [0.15, 0.2) is 0 Å². The molecule has 0 heterocycles. The molecule has 1 rings (SSSR count). The van der Waals surface area contributed by atoms with Crippen LogP contribution in [-0.2, 0) is 24.0 Å². The van der Waals surface area contributed by atoms with Crippen molar-refractivity contribution in [2.24, 2.45) is 46.2 Å². The normalized spacial score (nSPS) is 13.6. The first-order valence-electron chi connectivity index (χ1n) is 16.1. The van der Waals surface area contributed by atoms with Crippen molar-refractivity contribution in [3.05, 3.63) is 30.3 Å². The van der Waals surface area contributed by atoms with Crippen molar-refractivity contribution in [1.82, 2.24) is 0 Å². The maximum atomic E-state index is 10.4. The lowest BCUT2D eigenvalue weighted by atomic mass is 10.0. The maximum Gasteiger partial charge on any atom is 0.325 e. The van der Waals surface area contributed by atoms with Gasteiger partial charge in [0.2, 0.25) is 0 Å². The van der Waals surface area contributed by atoms with Gasteiger partial charge in [-0.3, -0.25) is 24.0 Å². The predicted octanol–water partition coefficient (Wildman–Crippen LogP) is 1.12. The number of nitrogens with two attached hydrogens (primary N) is 6. The van der Waals surface area contributed by atoms with Gasteiger partial charge in [0, 0.05) is 5.69 Å². The highest BCUT2D eigenvalue weighted by Gasteiger charge is 2.17. The van der Waals surface area contributed by atoms with Gasteiger partial charge >= 0.3 is 29.8 Å². The molecule has 0 saturated heterocycles. The van der Waals surface area contributed by atoms with Gasteiger partial charge in [0.1, 0.15) is 30.2 Å². The zero-order valence-corrected chi connectivity index (χ0v) is 29.5. The van der Waals surface area contributed by atoms with Crippen molar-refractivity contribution in [1.29, 1.82) is 0 Å². The van der Waals surface area contributed by atoms with Crippen molar-refractivity contribution in [3.8, 4) is 0 Å². The molecule has 0 amide bonds. The maximum absolute atomic E-state index is 10.4. The van der Waals surface area contributed by atoms with Crippen LogP contribution in [0.3, 0.4) is 0 Å². The van der Waals surface area contributed by atoms with Crippen LogP contribution in [0.25, 0.3) is 0 Å². The Bertz CT molecular complexity index is 1020. The third-order valence-corrected chi connectivity index (χ3v) is 6.43. The number of hydrogen-bond acceptors (Lipinski definition) is 12. The number of carboxylic acids is 5. The van der Waals surface area contributed by atoms with E-state index >= 15 is 0 Å². The average molecular weight is 706 g/mol. The summed E-state index contributed by atoms with van der Waals surface area (Å²) in [4.78, 5) is 50.9. The van der Waals surface area contributed by atoms with E-state index in [1.165, 1.54) is 0 Å². The smallest absolute Gasteiger partial charge is 0.325 e. The Hall–Kier alpha value is -3.87. The molecule has 18 N–H and O–H groups in total. The van der Waals surface area contributed by atoms with E-state index in [1.54, 1.807) is 6.92 Å². The predicted molar refractivity (Wildman–Crippen MR) is 190 cm³/mol. The second-order valence-electron chi connectivity index (χ2n) is 11.5. The molecule has 17 nitrogen and oxygen atoms in total. The fourth-order valence-electron chi connectivity index (χ4n) is 3.05. The molecule has 0 aliphatic heterocycles. The van der Waals surface area contributed by atoms with E-state index in [9.17, 15) is 24.0 Å². The number of nitrogens with one attached hydrogen (secondary N) is 1. The van der Waals surface area contributed by atoms with E-state index in [0.29, 0.717) is 44.7 Å². The SMILES string of the molecule is CC(C)CC(N)C(=O)O.CC(Nc1ccccc1)C(=O)O.CCC(C)C(N)C(=O)O.NCCCC(N)C(=O)O.NCCCCC(N)C(=O)O. The second kappa shape index (κ2) is 32.7. The number of unbranched alkanes of at least 4 members (excludes halogenated alkanes) is 1. The van der Waals surface area contributed by atoms with Crippen molar-refractivity contribution >= 4 is 35.5 Å². The highest BCUT2D eigenvalue weighted by Crippen LogP contribution is 2.07. The average Bonchev–Trinajstić information content (AvgIpc) is 3.04. The molecule has 6 atom stereocenters. The van der Waals surface area contributed by atoms with Gasteiger partial charge in [-0.2, -0.15) is 0 Å². The summed E-state index contributed by atoms with van der Waals surface area (Å²) in [5, 5.41) is 44.7. The van der Waals surface area contributed by atoms with Gasteiger partial charge < -0.3 is 65.3 Å². The van der Waals surface area contributed by atoms with Crippen LogP contribution in [0, 0.1) is 11.8 Å². The number of aliphatic carboxylic acids is 5. The number of para-hydroxylation sites is 1. The Labute approximate surface area is 289 Å². The zero-order valence-electron chi connectivity index (χ0n) is 29.5. The number of hydrogen-bond donors (Lipinski definition) is 12. The Morgan fingerprint density at radius 1 is 0.633 bits per heavy atom. The standard InChI is InChI=1S/C9H11NO2.C6H14N2O2.2C6H13NO2.C5H12N2O2/c1-7(9(11)12)10-8-5-3-2-4-6-8;7-4-2-1-3-5(8)6(9)10;1-4(2)3-5(7)6(8)9;1-3-4(2)5(7)6(8)9;6-3-1-2-4(7)5(8)9/h2-7,10H,1H3,(H,11,12);5H,1-4,7-8H2,(H,9,10);2*4-5H,3,7H2,1-2H3,(H,8,9);4H,1-3,6-7H2,(H,8,9). The molecule has 0 aromatic heterocycles. The summed E-state index contributed by atoms with van der Waals surface area (Å²) in [6, 6.07) is 5.87. The third-order valence-electron chi connectivity index (χ3n) is 6.43. The Kier molecular flexibility index (Phi) is 34.6. The van der Waals surface area contributed by atoms with E-state index in [0.717, 1.165) is 24.9 Å². The fraction of sp³-hybridized carbons (Fsp3) is 0.656. The fourth-order valence-corrected chi connectivity index (χ4v) is 3.05. The van der Waals surface area contributed by atoms with E-state index < -0.39 is 60.1 Å². The summed E-state index contributed by atoms with van der Waals surface area (Å²) in [5.74, 6) is -4.13. The molecule has 286 valence electrons. The molecule has 0 spiro atoms. The summed E-state index contributed by atoms with van der Waals surface area (Å²) in [5.41, 5.74) is 32.0. The van der Waals surface area contributed by atoms with Crippen LogP contribution in [0.15, 0.2) is 30.3 Å². The van der Waals surface area contributed by atoms with Crippen LogP contribution in [0.4, 0.5) is 5.69 Å². The van der Waals surface area contributed by atoms with Crippen LogP contribution in [0.1, 0.15) is 79.6 Å². The minimum Gasteiger partial charge on any atom is -0.480 e. The molecular formula is C32H63N7O10. The zero-order chi connectivity index (χ0) is 39.1. The molecule has 1 aromatic carbocycles. The summed E-state index contributed by atoms with van der Waals surface area (Å²) in [6.45, 7) is 10.4. The van der Waals surface area contributed by atoms with Crippen molar-refractivity contribution in [3.63, 3.8) is 0 Å². The molecule has 17 heteroatoms. The van der Waals surface area contributed by atoms with Gasteiger partial charge in [0.25, 0.3) is 0 Å². The van der Waals surface area contributed by atoms with Crippen LogP contribution in [0.5, 0.6) is 0 Å². The topological polar surface area (TPSA) is 355 Å². The molecule has 0 aliphatic carbocycles. The van der Waals surface area contributed by atoms with E-state index in [-0.39, 0.29) is 5.92 Å². The molecular weight excluding hydrogens is 642 g/mol. The minimum absolute atomic E-state index is 0.0718. The van der Waals surface area contributed by atoms with Gasteiger partial charge in [-0.1, -0.05) is 58.7 Å². The van der Waals surface area contributed by atoms with E-state index in [2.05, 4.69) is 5.32 Å². The summed E-state index contributed by atoms with van der Waals surface area (Å²) in [6.07, 6.45) is 4.67. The Balaban J connectivity index is -0.000000260. The third kappa shape index (κ3) is 35.3. The molecule has 49 heavy (non-hydrogen) atoms. The molecule has 0 bridgehead atoms. The minimum atomic E-state index is -0.955. The van der Waals surface area contributed by atoms with Gasteiger partial charge in [-0.05, 0) is 76.1 Å². The molecule has 0 aliphatic rings. The summed E-state index contributed by atoms with van der Waals surface area (Å²) < 4.78 is 0. The second-order valence-corrected chi connectivity index (χ2v) is 11.5. The lowest BCUT2D eigenvalue weighted by Crippen LogP contribution is -2.36. The molecule has 1 aromatic rings. The lowest BCUT2D eigenvalue weighted by Gasteiger charge is -2.11. The molecule has 0 radical (unpaired) electrons. The van der Waals surface area contributed by atoms with Gasteiger partial charge in [0.05, 0.1) is 0 Å². The first-order chi connectivity index (χ1) is 22.7. The highest BCUT2D eigenvalue weighted by molar-refractivity contribution is 5.76. The van der Waals surface area contributed by atoms with Crippen LogP contribution >= 0.6 is 0 Å². The van der Waals surface area contributed by atoms with Crippen LogP contribution < -0.4 is 39.7 Å². The highest BCUT2D eigenvalue weighted by atomic mass is 16.4. The first kappa shape index (κ1) is 52.0.